The van der Waals surface area contributed by atoms with E-state index >= 15 is 0 Å². The highest BCUT2D eigenvalue weighted by molar-refractivity contribution is 5.95. The van der Waals surface area contributed by atoms with E-state index in [1.165, 1.54) is 0 Å². The fraction of sp³-hybridized carbons (Fsp3) is 0.467. The van der Waals surface area contributed by atoms with Gasteiger partial charge in [-0.15, -0.1) is 0 Å². The van der Waals surface area contributed by atoms with Crippen LogP contribution in [0.1, 0.15) is 29.6 Å². The molecular weight excluding hydrogens is 272 g/mol. The van der Waals surface area contributed by atoms with E-state index in [1.54, 1.807) is 24.3 Å². The van der Waals surface area contributed by atoms with Gasteiger partial charge in [0.05, 0.1) is 5.56 Å². The predicted octanol–water partition coefficient (Wildman–Crippen LogP) is 0.443. The van der Waals surface area contributed by atoms with Crippen molar-refractivity contribution in [2.75, 3.05) is 19.8 Å². The van der Waals surface area contributed by atoms with Gasteiger partial charge in [0.1, 0.15) is 5.75 Å². The van der Waals surface area contributed by atoms with Gasteiger partial charge < -0.3 is 20.9 Å². The third kappa shape index (κ3) is 4.19. The molecule has 1 aliphatic carbocycles. The lowest BCUT2D eigenvalue weighted by atomic mass is 10.0. The van der Waals surface area contributed by atoms with Crippen LogP contribution in [-0.4, -0.2) is 36.7 Å². The first-order valence-corrected chi connectivity index (χ1v) is 6.95. The fourth-order valence-electron chi connectivity index (χ4n) is 2.21. The Morgan fingerprint density at radius 1 is 1.33 bits per heavy atom. The molecule has 0 unspecified atom stereocenters. The van der Waals surface area contributed by atoms with E-state index in [0.29, 0.717) is 18.7 Å². The lowest BCUT2D eigenvalue weighted by Crippen LogP contribution is -2.34. The Bertz CT molecular complexity index is 526. The molecule has 6 heteroatoms. The monoisotopic (exact) mass is 292 g/mol. The van der Waals surface area contributed by atoms with Crippen LogP contribution < -0.4 is 15.8 Å². The molecule has 1 saturated carbocycles. The van der Waals surface area contributed by atoms with Crippen LogP contribution in [0.15, 0.2) is 24.3 Å². The predicted molar refractivity (Wildman–Crippen MR) is 76.8 cm³/mol. The number of ether oxygens (including phenoxy) is 1. The average Bonchev–Trinajstić information content (AvgIpc) is 3.24. The van der Waals surface area contributed by atoms with Crippen LogP contribution in [0.25, 0.3) is 0 Å². The van der Waals surface area contributed by atoms with E-state index in [1.807, 2.05) is 0 Å². The Balaban J connectivity index is 1.80. The Labute approximate surface area is 123 Å². The SMILES string of the molecule is NC(=O)c1ccccc1OCC(=O)NCC1(CCO)CC1. The molecule has 0 radical (unpaired) electrons. The Morgan fingerprint density at radius 2 is 2.05 bits per heavy atom. The molecule has 2 amide bonds. The maximum Gasteiger partial charge on any atom is 0.257 e. The molecule has 114 valence electrons. The average molecular weight is 292 g/mol. The lowest BCUT2D eigenvalue weighted by molar-refractivity contribution is -0.123. The lowest BCUT2D eigenvalue weighted by Gasteiger charge is -2.15. The van der Waals surface area contributed by atoms with Crippen LogP contribution in [0.3, 0.4) is 0 Å². The van der Waals surface area contributed by atoms with Crippen molar-refractivity contribution in [1.29, 1.82) is 0 Å². The van der Waals surface area contributed by atoms with Crippen molar-refractivity contribution >= 4 is 11.8 Å². The molecular formula is C15H20N2O4. The van der Waals surface area contributed by atoms with Gasteiger partial charge in [0.2, 0.25) is 0 Å². The van der Waals surface area contributed by atoms with Crippen molar-refractivity contribution in [3.05, 3.63) is 29.8 Å². The number of hydrogen-bond acceptors (Lipinski definition) is 4. The first-order valence-electron chi connectivity index (χ1n) is 6.95. The number of primary amides is 1. The van der Waals surface area contributed by atoms with Gasteiger partial charge in [-0.05, 0) is 36.8 Å². The highest BCUT2D eigenvalue weighted by Gasteiger charge is 2.41. The zero-order valence-corrected chi connectivity index (χ0v) is 11.8. The van der Waals surface area contributed by atoms with Gasteiger partial charge in [-0.2, -0.15) is 0 Å². The smallest absolute Gasteiger partial charge is 0.257 e. The van der Waals surface area contributed by atoms with E-state index in [0.717, 1.165) is 12.8 Å². The number of rotatable bonds is 8. The quantitative estimate of drug-likeness (QED) is 0.647. The summed E-state index contributed by atoms with van der Waals surface area (Å²) < 4.78 is 5.34. The number of amides is 2. The van der Waals surface area contributed by atoms with Crippen molar-refractivity contribution in [2.45, 2.75) is 19.3 Å². The number of nitrogens with one attached hydrogen (secondary N) is 1. The largest absolute Gasteiger partial charge is 0.483 e. The Hall–Kier alpha value is -2.08. The molecule has 1 aliphatic rings. The second kappa shape index (κ2) is 6.58. The molecule has 1 aromatic rings. The second-order valence-corrected chi connectivity index (χ2v) is 5.40. The molecule has 2 rings (SSSR count). The third-order valence-electron chi connectivity index (χ3n) is 3.77. The summed E-state index contributed by atoms with van der Waals surface area (Å²) >= 11 is 0. The Kier molecular flexibility index (Phi) is 4.80. The van der Waals surface area contributed by atoms with Crippen LogP contribution in [0, 0.1) is 5.41 Å². The third-order valence-corrected chi connectivity index (χ3v) is 3.77. The number of carbonyl (C=O) groups is 2. The van der Waals surface area contributed by atoms with Crippen molar-refractivity contribution < 1.29 is 19.4 Å². The molecule has 1 fully saturated rings. The summed E-state index contributed by atoms with van der Waals surface area (Å²) in [6.45, 7) is 0.519. The van der Waals surface area contributed by atoms with Gasteiger partial charge in [-0.25, -0.2) is 0 Å². The van der Waals surface area contributed by atoms with Crippen molar-refractivity contribution in [2.24, 2.45) is 11.1 Å². The molecule has 6 nitrogen and oxygen atoms in total. The molecule has 0 aromatic heterocycles. The van der Waals surface area contributed by atoms with Gasteiger partial charge >= 0.3 is 0 Å². The summed E-state index contributed by atoms with van der Waals surface area (Å²) in [5, 5.41) is 11.8. The summed E-state index contributed by atoms with van der Waals surface area (Å²) in [5.74, 6) is -0.541. The van der Waals surface area contributed by atoms with Crippen molar-refractivity contribution in [3.63, 3.8) is 0 Å². The highest BCUT2D eigenvalue weighted by atomic mass is 16.5. The van der Waals surface area contributed by atoms with Gasteiger partial charge in [0.15, 0.2) is 6.61 Å². The summed E-state index contributed by atoms with van der Waals surface area (Å²) in [6, 6.07) is 6.54. The number of para-hydroxylation sites is 1. The molecule has 1 aromatic carbocycles. The summed E-state index contributed by atoms with van der Waals surface area (Å²) in [5.41, 5.74) is 5.55. The van der Waals surface area contributed by atoms with Crippen LogP contribution in [0.4, 0.5) is 0 Å². The van der Waals surface area contributed by atoms with Crippen LogP contribution in [0.2, 0.25) is 0 Å². The normalized spacial score (nSPS) is 15.3. The van der Waals surface area contributed by atoms with E-state index in [4.69, 9.17) is 15.6 Å². The van der Waals surface area contributed by atoms with Crippen molar-refractivity contribution in [3.8, 4) is 5.75 Å². The summed E-state index contributed by atoms with van der Waals surface area (Å²) in [7, 11) is 0. The molecule has 0 aliphatic heterocycles. The standard InChI is InChI=1S/C15H20N2O4/c16-14(20)11-3-1-2-4-12(11)21-9-13(19)17-10-15(5-6-15)7-8-18/h1-4,18H,5-10H2,(H2,16,20)(H,17,19). The number of hydrogen-bond donors (Lipinski definition) is 3. The van der Waals surface area contributed by atoms with Crippen molar-refractivity contribution in [1.82, 2.24) is 5.32 Å². The summed E-state index contributed by atoms with van der Waals surface area (Å²) in [6.07, 6.45) is 2.76. The number of aliphatic hydroxyl groups excluding tert-OH is 1. The molecule has 0 atom stereocenters. The van der Waals surface area contributed by atoms with Crippen LogP contribution in [0.5, 0.6) is 5.75 Å². The maximum atomic E-state index is 11.8. The second-order valence-electron chi connectivity index (χ2n) is 5.40. The number of benzene rings is 1. The Morgan fingerprint density at radius 3 is 2.67 bits per heavy atom. The van der Waals surface area contributed by atoms with Gasteiger partial charge in [0, 0.05) is 13.2 Å². The van der Waals surface area contributed by atoms with Crippen LogP contribution in [-0.2, 0) is 4.79 Å². The number of carbonyl (C=O) groups excluding carboxylic acids is 2. The number of aliphatic hydroxyl groups is 1. The van der Waals surface area contributed by atoms with E-state index < -0.39 is 5.91 Å². The minimum Gasteiger partial charge on any atom is -0.483 e. The summed E-state index contributed by atoms with van der Waals surface area (Å²) in [4.78, 5) is 23.0. The first kappa shape index (κ1) is 15.3. The minimum atomic E-state index is -0.592. The van der Waals surface area contributed by atoms with Gasteiger partial charge in [0.25, 0.3) is 11.8 Å². The molecule has 21 heavy (non-hydrogen) atoms. The maximum absolute atomic E-state index is 11.8. The molecule has 0 bridgehead atoms. The molecule has 0 spiro atoms. The minimum absolute atomic E-state index is 0.0650. The van der Waals surface area contributed by atoms with E-state index in [2.05, 4.69) is 5.32 Å². The zero-order valence-electron chi connectivity index (χ0n) is 11.8. The topological polar surface area (TPSA) is 102 Å². The van der Waals surface area contributed by atoms with Crippen LogP contribution >= 0.6 is 0 Å². The number of nitrogens with two attached hydrogens (primary N) is 1. The fourth-order valence-corrected chi connectivity index (χ4v) is 2.21. The first-order chi connectivity index (χ1) is 10.1. The zero-order chi connectivity index (χ0) is 15.3. The molecule has 0 saturated heterocycles. The van der Waals surface area contributed by atoms with E-state index in [-0.39, 0.29) is 30.1 Å². The highest BCUT2D eigenvalue weighted by Crippen LogP contribution is 2.47. The van der Waals surface area contributed by atoms with Gasteiger partial charge in [-0.1, -0.05) is 12.1 Å². The molecule has 0 heterocycles. The van der Waals surface area contributed by atoms with Gasteiger partial charge in [-0.3, -0.25) is 9.59 Å². The van der Waals surface area contributed by atoms with E-state index in [9.17, 15) is 9.59 Å². The molecule has 4 N–H and O–H groups in total.